The van der Waals surface area contributed by atoms with Gasteiger partial charge in [-0.2, -0.15) is 0 Å². The van der Waals surface area contributed by atoms with E-state index in [0.717, 1.165) is 17.8 Å². The maximum atomic E-state index is 13.4. The molecular formula is C14H20FN. The molecule has 0 radical (unpaired) electrons. The number of benzene rings is 1. The fourth-order valence-corrected chi connectivity index (χ4v) is 2.69. The molecule has 1 saturated heterocycles. The largest absolute Gasteiger partial charge is 0.368 e. The summed E-state index contributed by atoms with van der Waals surface area (Å²) in [4.78, 5) is 2.36. The van der Waals surface area contributed by atoms with Gasteiger partial charge in [-0.1, -0.05) is 13.8 Å². The summed E-state index contributed by atoms with van der Waals surface area (Å²) in [6, 6.07) is 5.91. The monoisotopic (exact) mass is 221 g/mol. The number of halogens is 1. The maximum Gasteiger partial charge on any atom is 0.125 e. The van der Waals surface area contributed by atoms with Crippen molar-refractivity contribution in [3.63, 3.8) is 0 Å². The topological polar surface area (TPSA) is 3.24 Å². The Morgan fingerprint density at radius 1 is 1.31 bits per heavy atom. The second-order valence-electron chi connectivity index (χ2n) is 5.13. The van der Waals surface area contributed by atoms with E-state index in [2.05, 4.69) is 24.8 Å². The van der Waals surface area contributed by atoms with Crippen molar-refractivity contribution in [2.24, 2.45) is 5.92 Å². The highest BCUT2D eigenvalue weighted by Crippen LogP contribution is 2.30. The van der Waals surface area contributed by atoms with Gasteiger partial charge in [-0.05, 0) is 49.4 Å². The van der Waals surface area contributed by atoms with Gasteiger partial charge in [0.15, 0.2) is 0 Å². The van der Waals surface area contributed by atoms with Crippen molar-refractivity contribution >= 4 is 5.69 Å². The van der Waals surface area contributed by atoms with E-state index in [0.29, 0.717) is 12.0 Å². The second kappa shape index (κ2) is 4.44. The molecule has 0 amide bonds. The quantitative estimate of drug-likeness (QED) is 0.735. The lowest BCUT2D eigenvalue weighted by Gasteiger charge is -2.30. The van der Waals surface area contributed by atoms with Crippen molar-refractivity contribution in [3.05, 3.63) is 29.6 Å². The van der Waals surface area contributed by atoms with Gasteiger partial charge in [0.05, 0.1) is 0 Å². The normalized spacial score (nSPS) is 20.8. The Balaban J connectivity index is 2.29. The number of nitrogens with zero attached hydrogens (tertiary/aromatic N) is 1. The second-order valence-corrected chi connectivity index (χ2v) is 5.13. The molecule has 1 atom stereocenters. The molecule has 1 heterocycles. The standard InChI is InChI=1S/C14H20FN/c1-10(2)14-5-4-6-16(14)13-8-11(3)7-12(15)9-13/h7-10,14H,4-6H2,1-3H3. The predicted molar refractivity (Wildman–Crippen MR) is 66.3 cm³/mol. The molecule has 0 bridgehead atoms. The Bertz CT molecular complexity index is 353. The molecule has 2 rings (SSSR count). The first-order valence-electron chi connectivity index (χ1n) is 6.12. The molecule has 1 unspecified atom stereocenters. The van der Waals surface area contributed by atoms with Gasteiger partial charge in [-0.15, -0.1) is 0 Å². The van der Waals surface area contributed by atoms with Crippen LogP contribution < -0.4 is 4.90 Å². The fraction of sp³-hybridized carbons (Fsp3) is 0.571. The number of hydrogen-bond acceptors (Lipinski definition) is 1. The number of rotatable bonds is 2. The lowest BCUT2D eigenvalue weighted by Crippen LogP contribution is -2.33. The zero-order chi connectivity index (χ0) is 11.7. The van der Waals surface area contributed by atoms with E-state index in [4.69, 9.17) is 0 Å². The third-order valence-corrected chi connectivity index (χ3v) is 3.43. The van der Waals surface area contributed by atoms with Crippen LogP contribution in [0.3, 0.4) is 0 Å². The predicted octanol–water partition coefficient (Wildman–Crippen LogP) is 3.76. The van der Waals surface area contributed by atoms with Crippen LogP contribution in [0.25, 0.3) is 0 Å². The van der Waals surface area contributed by atoms with E-state index < -0.39 is 0 Å². The Morgan fingerprint density at radius 3 is 2.69 bits per heavy atom. The molecule has 0 saturated carbocycles. The summed E-state index contributed by atoms with van der Waals surface area (Å²) in [6.07, 6.45) is 2.45. The van der Waals surface area contributed by atoms with E-state index >= 15 is 0 Å². The summed E-state index contributed by atoms with van der Waals surface area (Å²) in [5.41, 5.74) is 2.05. The summed E-state index contributed by atoms with van der Waals surface area (Å²) >= 11 is 0. The van der Waals surface area contributed by atoms with Crippen molar-refractivity contribution in [1.29, 1.82) is 0 Å². The van der Waals surface area contributed by atoms with Crippen molar-refractivity contribution in [3.8, 4) is 0 Å². The van der Waals surface area contributed by atoms with Crippen molar-refractivity contribution in [2.45, 2.75) is 39.7 Å². The van der Waals surface area contributed by atoms with Crippen LogP contribution >= 0.6 is 0 Å². The van der Waals surface area contributed by atoms with Crippen LogP contribution in [-0.4, -0.2) is 12.6 Å². The van der Waals surface area contributed by atoms with E-state index in [-0.39, 0.29) is 5.82 Å². The molecule has 1 aliphatic rings. The van der Waals surface area contributed by atoms with Crippen LogP contribution in [0.4, 0.5) is 10.1 Å². The van der Waals surface area contributed by atoms with Gasteiger partial charge in [0.1, 0.15) is 5.82 Å². The van der Waals surface area contributed by atoms with Gasteiger partial charge in [-0.25, -0.2) is 4.39 Å². The first kappa shape index (κ1) is 11.4. The van der Waals surface area contributed by atoms with Gasteiger partial charge in [0.25, 0.3) is 0 Å². The minimum absolute atomic E-state index is 0.121. The molecule has 1 fully saturated rings. The van der Waals surface area contributed by atoms with Crippen LogP contribution in [0.15, 0.2) is 18.2 Å². The molecule has 16 heavy (non-hydrogen) atoms. The fourth-order valence-electron chi connectivity index (χ4n) is 2.69. The highest BCUT2D eigenvalue weighted by molar-refractivity contribution is 5.50. The number of anilines is 1. The molecule has 0 spiro atoms. The van der Waals surface area contributed by atoms with Gasteiger partial charge in [0.2, 0.25) is 0 Å². The van der Waals surface area contributed by atoms with E-state index in [9.17, 15) is 4.39 Å². The molecule has 0 N–H and O–H groups in total. The molecule has 0 aliphatic carbocycles. The van der Waals surface area contributed by atoms with E-state index in [1.54, 1.807) is 12.1 Å². The van der Waals surface area contributed by atoms with Gasteiger partial charge in [0, 0.05) is 18.3 Å². The van der Waals surface area contributed by atoms with E-state index in [1.807, 2.05) is 6.92 Å². The molecule has 1 aromatic rings. The third kappa shape index (κ3) is 2.21. The van der Waals surface area contributed by atoms with Crippen LogP contribution in [-0.2, 0) is 0 Å². The minimum atomic E-state index is -0.121. The lowest BCUT2D eigenvalue weighted by atomic mass is 10.0. The summed E-state index contributed by atoms with van der Waals surface area (Å²) in [7, 11) is 0. The maximum absolute atomic E-state index is 13.4. The molecule has 0 aromatic heterocycles. The number of aryl methyl sites for hydroxylation is 1. The van der Waals surface area contributed by atoms with Crippen LogP contribution in [0.5, 0.6) is 0 Å². The third-order valence-electron chi connectivity index (χ3n) is 3.43. The molecule has 1 aliphatic heterocycles. The van der Waals surface area contributed by atoms with Crippen LogP contribution in [0.1, 0.15) is 32.3 Å². The average molecular weight is 221 g/mol. The molecule has 88 valence electrons. The Kier molecular flexibility index (Phi) is 3.17. The smallest absolute Gasteiger partial charge is 0.125 e. The zero-order valence-corrected chi connectivity index (χ0v) is 10.3. The van der Waals surface area contributed by atoms with Gasteiger partial charge in [-0.3, -0.25) is 0 Å². The summed E-state index contributed by atoms with van der Waals surface area (Å²) in [5, 5.41) is 0. The molecular weight excluding hydrogens is 201 g/mol. The molecule has 2 heteroatoms. The Labute approximate surface area is 97.3 Å². The van der Waals surface area contributed by atoms with Gasteiger partial charge >= 0.3 is 0 Å². The minimum Gasteiger partial charge on any atom is -0.368 e. The van der Waals surface area contributed by atoms with Crippen molar-refractivity contribution < 1.29 is 4.39 Å². The average Bonchev–Trinajstić information content (AvgIpc) is 2.63. The number of hydrogen-bond donors (Lipinski definition) is 0. The highest BCUT2D eigenvalue weighted by Gasteiger charge is 2.27. The van der Waals surface area contributed by atoms with Crippen LogP contribution in [0.2, 0.25) is 0 Å². The van der Waals surface area contributed by atoms with Crippen molar-refractivity contribution in [2.75, 3.05) is 11.4 Å². The first-order chi connectivity index (χ1) is 7.58. The molecule has 1 nitrogen and oxygen atoms in total. The molecule has 1 aromatic carbocycles. The summed E-state index contributed by atoms with van der Waals surface area (Å²) in [6.45, 7) is 7.50. The van der Waals surface area contributed by atoms with E-state index in [1.165, 1.54) is 12.8 Å². The van der Waals surface area contributed by atoms with Crippen LogP contribution in [0, 0.1) is 18.7 Å². The highest BCUT2D eigenvalue weighted by atomic mass is 19.1. The van der Waals surface area contributed by atoms with Crippen molar-refractivity contribution in [1.82, 2.24) is 0 Å². The van der Waals surface area contributed by atoms with Gasteiger partial charge < -0.3 is 4.90 Å². The summed E-state index contributed by atoms with van der Waals surface area (Å²) in [5.74, 6) is 0.510. The Hall–Kier alpha value is -1.05. The zero-order valence-electron chi connectivity index (χ0n) is 10.3. The summed E-state index contributed by atoms with van der Waals surface area (Å²) < 4.78 is 13.4. The Morgan fingerprint density at radius 2 is 2.06 bits per heavy atom. The first-order valence-corrected chi connectivity index (χ1v) is 6.12. The SMILES string of the molecule is Cc1cc(F)cc(N2CCCC2C(C)C)c1. The lowest BCUT2D eigenvalue weighted by molar-refractivity contribution is 0.491.